The van der Waals surface area contributed by atoms with Gasteiger partial charge in [0.2, 0.25) is 0 Å². The van der Waals surface area contributed by atoms with E-state index in [0.29, 0.717) is 5.56 Å². The molecule has 0 fully saturated rings. The third-order valence-electron chi connectivity index (χ3n) is 2.55. The first-order chi connectivity index (χ1) is 9.58. The molecule has 4 N–H and O–H groups in total. The Morgan fingerprint density at radius 1 is 1.20 bits per heavy atom. The van der Waals surface area contributed by atoms with Crippen LogP contribution in [0.2, 0.25) is 0 Å². The molecule has 0 aliphatic heterocycles. The monoisotopic (exact) mass is 292 g/mol. The summed E-state index contributed by atoms with van der Waals surface area (Å²) in [6.07, 6.45) is 0. The van der Waals surface area contributed by atoms with Gasteiger partial charge in [0.1, 0.15) is 10.8 Å². The zero-order valence-electron chi connectivity index (χ0n) is 10.3. The van der Waals surface area contributed by atoms with E-state index in [2.05, 4.69) is 10.6 Å². The Kier molecular flexibility index (Phi) is 4.21. The third-order valence-corrected chi connectivity index (χ3v) is 3.38. The largest absolute Gasteiger partial charge is 0.508 e. The minimum atomic E-state index is -1.10. The number of carbonyl (C=O) groups excluding carboxylic acids is 1. The van der Waals surface area contributed by atoms with Crippen molar-refractivity contribution in [3.8, 4) is 5.75 Å². The summed E-state index contributed by atoms with van der Waals surface area (Å²) in [7, 11) is 0. The lowest BCUT2D eigenvalue weighted by Gasteiger charge is -2.08. The van der Waals surface area contributed by atoms with Gasteiger partial charge in [0.05, 0.1) is 5.56 Å². The lowest BCUT2D eigenvalue weighted by Crippen LogP contribution is -2.28. The predicted octanol–water partition coefficient (Wildman–Crippen LogP) is 2.47. The first-order valence-corrected chi connectivity index (χ1v) is 6.58. The molecule has 0 atom stereocenters. The van der Waals surface area contributed by atoms with Crippen LogP contribution < -0.4 is 10.6 Å². The Morgan fingerprint density at radius 3 is 2.65 bits per heavy atom. The molecule has 0 saturated carbocycles. The molecule has 20 heavy (non-hydrogen) atoms. The average Bonchev–Trinajstić information content (AvgIpc) is 2.86. The first kappa shape index (κ1) is 13.9. The molecule has 1 heterocycles. The highest BCUT2D eigenvalue weighted by Crippen LogP contribution is 2.23. The molecule has 0 spiro atoms. The number of thiophene rings is 1. The molecule has 0 unspecified atom stereocenters. The van der Waals surface area contributed by atoms with Gasteiger partial charge in [-0.1, -0.05) is 18.2 Å². The number of urea groups is 1. The molecule has 0 aliphatic rings. The van der Waals surface area contributed by atoms with Gasteiger partial charge < -0.3 is 15.5 Å². The molecule has 6 nitrogen and oxygen atoms in total. The maximum atomic E-state index is 11.7. The minimum Gasteiger partial charge on any atom is -0.508 e. The molecular formula is C13H12N2O4S. The van der Waals surface area contributed by atoms with E-state index >= 15 is 0 Å². The lowest BCUT2D eigenvalue weighted by molar-refractivity contribution is 0.0698. The van der Waals surface area contributed by atoms with Gasteiger partial charge in [0.25, 0.3) is 0 Å². The van der Waals surface area contributed by atoms with Gasteiger partial charge in [-0.2, -0.15) is 0 Å². The van der Waals surface area contributed by atoms with Crippen molar-refractivity contribution >= 4 is 28.3 Å². The number of aromatic carboxylic acids is 1. The Hall–Kier alpha value is -2.54. The van der Waals surface area contributed by atoms with Gasteiger partial charge in [-0.25, -0.2) is 9.59 Å². The number of carbonyl (C=O) groups is 2. The van der Waals surface area contributed by atoms with Crippen molar-refractivity contribution in [1.82, 2.24) is 5.32 Å². The van der Waals surface area contributed by atoms with Crippen LogP contribution in [0.5, 0.6) is 5.75 Å². The number of phenolic OH excluding ortho intramolecular Hbond substituents is 1. The molecule has 1 aromatic heterocycles. The van der Waals surface area contributed by atoms with Crippen LogP contribution in [0.25, 0.3) is 0 Å². The van der Waals surface area contributed by atoms with Crippen molar-refractivity contribution in [1.29, 1.82) is 0 Å². The molecule has 0 aliphatic carbocycles. The van der Waals surface area contributed by atoms with Crippen LogP contribution in [0.4, 0.5) is 9.80 Å². The summed E-state index contributed by atoms with van der Waals surface area (Å²) in [5.41, 5.74) is 0.625. The van der Waals surface area contributed by atoms with Crippen LogP contribution in [0.15, 0.2) is 35.7 Å². The number of carboxylic acid groups (broad SMARTS) is 1. The van der Waals surface area contributed by atoms with Crippen LogP contribution in [-0.4, -0.2) is 22.2 Å². The number of hydrogen-bond acceptors (Lipinski definition) is 4. The highest BCUT2D eigenvalue weighted by Gasteiger charge is 2.13. The number of phenols is 1. The predicted molar refractivity (Wildman–Crippen MR) is 75.2 cm³/mol. The van der Waals surface area contributed by atoms with Crippen molar-refractivity contribution in [2.45, 2.75) is 6.54 Å². The van der Waals surface area contributed by atoms with Gasteiger partial charge in [-0.05, 0) is 17.5 Å². The van der Waals surface area contributed by atoms with Crippen LogP contribution >= 0.6 is 11.3 Å². The normalized spacial score (nSPS) is 10.0. The fourth-order valence-corrected chi connectivity index (χ4v) is 2.33. The number of nitrogens with one attached hydrogen (secondary N) is 2. The Labute approximate surface area is 118 Å². The summed E-state index contributed by atoms with van der Waals surface area (Å²) in [5.74, 6) is -1.00. The fourth-order valence-electron chi connectivity index (χ4n) is 1.56. The zero-order valence-corrected chi connectivity index (χ0v) is 11.1. The Balaban J connectivity index is 1.95. The second-order valence-corrected chi connectivity index (χ2v) is 4.82. The molecule has 0 saturated heterocycles. The van der Waals surface area contributed by atoms with E-state index in [1.165, 1.54) is 12.1 Å². The fraction of sp³-hybridized carbons (Fsp3) is 0.0769. The minimum absolute atomic E-state index is 0.0488. The number of amides is 2. The summed E-state index contributed by atoms with van der Waals surface area (Å²) in [6.45, 7) is 0.145. The summed E-state index contributed by atoms with van der Waals surface area (Å²) in [4.78, 5) is 22.6. The van der Waals surface area contributed by atoms with E-state index in [9.17, 15) is 14.7 Å². The van der Waals surface area contributed by atoms with Crippen LogP contribution in [0.1, 0.15) is 15.9 Å². The van der Waals surface area contributed by atoms with Gasteiger partial charge >= 0.3 is 12.0 Å². The van der Waals surface area contributed by atoms with E-state index in [0.717, 1.165) is 11.3 Å². The van der Waals surface area contributed by atoms with E-state index < -0.39 is 12.0 Å². The highest BCUT2D eigenvalue weighted by atomic mass is 32.1. The topological polar surface area (TPSA) is 98.7 Å². The van der Waals surface area contributed by atoms with Gasteiger partial charge in [-0.3, -0.25) is 5.32 Å². The van der Waals surface area contributed by atoms with E-state index in [4.69, 9.17) is 5.11 Å². The summed E-state index contributed by atoms with van der Waals surface area (Å²) in [6, 6.07) is 7.53. The SMILES string of the molecule is O=C(NCc1ccccc1O)Nc1sccc1C(=O)O. The van der Waals surface area contributed by atoms with Gasteiger partial charge in [0.15, 0.2) is 0 Å². The lowest BCUT2D eigenvalue weighted by atomic mass is 10.2. The smallest absolute Gasteiger partial charge is 0.338 e. The quantitative estimate of drug-likeness (QED) is 0.695. The van der Waals surface area contributed by atoms with Gasteiger partial charge in [-0.15, -0.1) is 11.3 Å². The van der Waals surface area contributed by atoms with Crippen molar-refractivity contribution in [3.63, 3.8) is 0 Å². The highest BCUT2D eigenvalue weighted by molar-refractivity contribution is 7.14. The second-order valence-electron chi connectivity index (χ2n) is 3.90. The number of benzene rings is 1. The number of hydrogen-bond donors (Lipinski definition) is 4. The van der Waals surface area contributed by atoms with Crippen LogP contribution in [0.3, 0.4) is 0 Å². The Morgan fingerprint density at radius 2 is 1.95 bits per heavy atom. The number of anilines is 1. The molecule has 7 heteroatoms. The van der Waals surface area contributed by atoms with Gasteiger partial charge in [0, 0.05) is 12.1 Å². The van der Waals surface area contributed by atoms with E-state index in [-0.39, 0.29) is 22.9 Å². The zero-order chi connectivity index (χ0) is 14.5. The molecule has 2 rings (SSSR count). The molecule has 2 amide bonds. The van der Waals surface area contributed by atoms with Crippen molar-refractivity contribution in [2.24, 2.45) is 0 Å². The van der Waals surface area contributed by atoms with E-state index in [1.807, 2.05) is 0 Å². The molecule has 1 aromatic carbocycles. The maximum absolute atomic E-state index is 11.7. The summed E-state index contributed by atoms with van der Waals surface area (Å²) in [5, 5.41) is 25.3. The average molecular weight is 292 g/mol. The molecule has 0 radical (unpaired) electrons. The van der Waals surface area contributed by atoms with Crippen molar-refractivity contribution < 1.29 is 19.8 Å². The van der Waals surface area contributed by atoms with E-state index in [1.54, 1.807) is 23.6 Å². The molecular weight excluding hydrogens is 280 g/mol. The first-order valence-electron chi connectivity index (χ1n) is 5.70. The van der Waals surface area contributed by atoms with Crippen molar-refractivity contribution in [2.75, 3.05) is 5.32 Å². The number of rotatable bonds is 4. The number of carboxylic acids is 1. The maximum Gasteiger partial charge on any atom is 0.338 e. The third kappa shape index (κ3) is 3.27. The Bertz CT molecular complexity index is 639. The summed E-state index contributed by atoms with van der Waals surface area (Å²) >= 11 is 1.13. The molecule has 104 valence electrons. The van der Waals surface area contributed by atoms with Crippen LogP contribution in [-0.2, 0) is 6.54 Å². The summed E-state index contributed by atoms with van der Waals surface area (Å²) < 4.78 is 0. The number of para-hydroxylation sites is 1. The van der Waals surface area contributed by atoms with Crippen LogP contribution in [0, 0.1) is 0 Å². The molecule has 0 bridgehead atoms. The van der Waals surface area contributed by atoms with Crippen molar-refractivity contribution in [3.05, 3.63) is 46.8 Å². The number of aromatic hydroxyl groups is 1. The molecule has 2 aromatic rings. The second kappa shape index (κ2) is 6.07. The standard InChI is InChI=1S/C13H12N2O4S/c16-10-4-2-1-3-8(10)7-14-13(19)15-11-9(12(17)18)5-6-20-11/h1-6,16H,7H2,(H,17,18)(H2,14,15,19).